The van der Waals surface area contributed by atoms with Gasteiger partial charge in [-0.3, -0.25) is 9.69 Å². The fourth-order valence-corrected chi connectivity index (χ4v) is 4.18. The molecule has 154 valence electrons. The molecule has 0 spiro atoms. The summed E-state index contributed by atoms with van der Waals surface area (Å²) in [5.74, 6) is 0.320. The largest absolute Gasteiger partial charge is 0.474 e. The van der Waals surface area contributed by atoms with Crippen LogP contribution < -0.4 is 4.74 Å². The van der Waals surface area contributed by atoms with Crippen LogP contribution in [0.4, 0.5) is 13.2 Å². The molecular formula is C20H26F3N3O2. The summed E-state index contributed by atoms with van der Waals surface area (Å²) >= 11 is 0. The van der Waals surface area contributed by atoms with E-state index in [2.05, 4.69) is 9.88 Å². The molecule has 0 atom stereocenters. The van der Waals surface area contributed by atoms with Crippen molar-refractivity contribution >= 4 is 5.91 Å². The highest BCUT2D eigenvalue weighted by atomic mass is 19.4. The van der Waals surface area contributed by atoms with Crippen molar-refractivity contribution in [2.24, 2.45) is 5.92 Å². The van der Waals surface area contributed by atoms with Gasteiger partial charge in [-0.25, -0.2) is 4.98 Å². The Hall–Kier alpha value is -1.83. The molecule has 3 aliphatic rings. The van der Waals surface area contributed by atoms with Gasteiger partial charge in [0.25, 0.3) is 0 Å². The molecule has 8 heteroatoms. The predicted molar refractivity (Wildman–Crippen MR) is 96.8 cm³/mol. The summed E-state index contributed by atoms with van der Waals surface area (Å²) in [6, 6.07) is 2.92. The van der Waals surface area contributed by atoms with Crippen molar-refractivity contribution in [2.75, 3.05) is 26.2 Å². The number of rotatable bonds is 4. The zero-order valence-electron chi connectivity index (χ0n) is 15.8. The molecule has 2 saturated carbocycles. The molecule has 1 aromatic rings. The summed E-state index contributed by atoms with van der Waals surface area (Å²) in [6.07, 6.45) is 2.33. The molecule has 4 rings (SSSR count). The zero-order valence-corrected chi connectivity index (χ0v) is 15.8. The Morgan fingerprint density at radius 2 is 1.86 bits per heavy atom. The van der Waals surface area contributed by atoms with Gasteiger partial charge in [-0.2, -0.15) is 13.2 Å². The maximum atomic E-state index is 12.8. The van der Waals surface area contributed by atoms with Crippen LogP contribution in [-0.2, 0) is 11.0 Å². The van der Waals surface area contributed by atoms with Gasteiger partial charge in [0.15, 0.2) is 0 Å². The monoisotopic (exact) mass is 397 g/mol. The number of carbonyl (C=O) groups excluding carboxylic acids is 1. The van der Waals surface area contributed by atoms with Crippen molar-refractivity contribution < 1.29 is 22.7 Å². The highest BCUT2D eigenvalue weighted by Gasteiger charge is 2.39. The average Bonchev–Trinajstić information content (AvgIpc) is 2.81. The number of pyridine rings is 1. The van der Waals surface area contributed by atoms with Crippen molar-refractivity contribution in [3.05, 3.63) is 23.9 Å². The highest BCUT2D eigenvalue weighted by Crippen LogP contribution is 2.34. The Morgan fingerprint density at radius 1 is 1.07 bits per heavy atom. The van der Waals surface area contributed by atoms with Crippen LogP contribution in [0.3, 0.4) is 0 Å². The maximum Gasteiger partial charge on any atom is 0.417 e. The highest BCUT2D eigenvalue weighted by molar-refractivity contribution is 5.80. The lowest BCUT2D eigenvalue weighted by Gasteiger charge is -2.38. The second-order valence-corrected chi connectivity index (χ2v) is 8.09. The Morgan fingerprint density at radius 3 is 2.46 bits per heavy atom. The second kappa shape index (κ2) is 7.89. The van der Waals surface area contributed by atoms with E-state index >= 15 is 0 Å². The zero-order chi connectivity index (χ0) is 19.7. The van der Waals surface area contributed by atoms with Gasteiger partial charge in [0, 0.05) is 50.4 Å². The molecule has 0 bridgehead atoms. The van der Waals surface area contributed by atoms with Crippen LogP contribution in [0.15, 0.2) is 18.3 Å². The Balaban J connectivity index is 1.23. The number of carbonyl (C=O) groups is 1. The third kappa shape index (κ3) is 4.26. The first-order valence-electron chi connectivity index (χ1n) is 10.1. The number of nitrogens with zero attached hydrogens (tertiary/aromatic N) is 3. The smallest absolute Gasteiger partial charge is 0.417 e. The van der Waals surface area contributed by atoms with E-state index in [9.17, 15) is 18.0 Å². The normalized spacial score (nSPS) is 26.9. The van der Waals surface area contributed by atoms with Gasteiger partial charge >= 0.3 is 6.18 Å². The minimum atomic E-state index is -4.40. The van der Waals surface area contributed by atoms with Gasteiger partial charge in [0.05, 0.1) is 5.56 Å². The summed E-state index contributed by atoms with van der Waals surface area (Å²) in [7, 11) is 0. The van der Waals surface area contributed by atoms with Gasteiger partial charge < -0.3 is 9.64 Å². The van der Waals surface area contributed by atoms with Gasteiger partial charge in [0.1, 0.15) is 6.10 Å². The number of amides is 1. The van der Waals surface area contributed by atoms with Crippen molar-refractivity contribution in [1.29, 1.82) is 0 Å². The molecule has 2 heterocycles. The first kappa shape index (κ1) is 19.5. The van der Waals surface area contributed by atoms with E-state index in [1.165, 1.54) is 25.3 Å². The summed E-state index contributed by atoms with van der Waals surface area (Å²) in [6.45, 7) is 3.63. The molecular weight excluding hydrogens is 371 g/mol. The fraction of sp³-hybridized carbons (Fsp3) is 0.700. The van der Waals surface area contributed by atoms with Crippen LogP contribution >= 0.6 is 0 Å². The predicted octanol–water partition coefficient (Wildman–Crippen LogP) is 3.34. The number of hydrogen-bond acceptors (Lipinski definition) is 4. The standard InChI is InChI=1S/C20H26F3N3O2/c21-20(22,23)15-5-6-18(24-13-15)28-17-11-14(12-17)19(27)26-8-2-7-25(9-10-26)16-3-1-4-16/h5-6,13-14,16-17H,1-4,7-12H2/t14-,17+. The van der Waals surface area contributed by atoms with Crippen molar-refractivity contribution in [3.8, 4) is 5.88 Å². The molecule has 1 aliphatic heterocycles. The molecule has 1 aromatic heterocycles. The number of aromatic nitrogens is 1. The molecule has 0 unspecified atom stereocenters. The number of alkyl halides is 3. The average molecular weight is 397 g/mol. The van der Waals surface area contributed by atoms with E-state index in [1.807, 2.05) is 4.90 Å². The van der Waals surface area contributed by atoms with Crippen LogP contribution in [0, 0.1) is 5.92 Å². The minimum absolute atomic E-state index is 0.0466. The maximum absolute atomic E-state index is 12.8. The van der Waals surface area contributed by atoms with Gasteiger partial charge in [-0.05, 0) is 38.2 Å². The minimum Gasteiger partial charge on any atom is -0.474 e. The van der Waals surface area contributed by atoms with Crippen LogP contribution in [-0.4, -0.2) is 59.0 Å². The Kier molecular flexibility index (Phi) is 5.49. The molecule has 5 nitrogen and oxygen atoms in total. The molecule has 0 N–H and O–H groups in total. The molecule has 2 aliphatic carbocycles. The van der Waals surface area contributed by atoms with Crippen LogP contribution in [0.25, 0.3) is 0 Å². The topological polar surface area (TPSA) is 45.7 Å². The number of ether oxygens (including phenoxy) is 1. The van der Waals surface area contributed by atoms with E-state index in [0.29, 0.717) is 18.9 Å². The summed E-state index contributed by atoms with van der Waals surface area (Å²) in [5.41, 5.74) is -0.793. The van der Waals surface area contributed by atoms with E-state index in [4.69, 9.17) is 4.74 Å². The lowest BCUT2D eigenvalue weighted by Crippen LogP contribution is -2.47. The summed E-state index contributed by atoms with van der Waals surface area (Å²) < 4.78 is 43.3. The Labute approximate surface area is 162 Å². The van der Waals surface area contributed by atoms with Crippen molar-refractivity contribution in [1.82, 2.24) is 14.8 Å². The summed E-state index contributed by atoms with van der Waals surface area (Å²) in [5, 5.41) is 0. The summed E-state index contributed by atoms with van der Waals surface area (Å²) in [4.78, 5) is 21.0. The fourth-order valence-electron chi connectivity index (χ4n) is 4.18. The third-order valence-corrected chi connectivity index (χ3v) is 6.23. The molecule has 1 saturated heterocycles. The van der Waals surface area contributed by atoms with Gasteiger partial charge in [-0.1, -0.05) is 6.42 Å². The van der Waals surface area contributed by atoms with Crippen LogP contribution in [0.2, 0.25) is 0 Å². The molecule has 1 amide bonds. The molecule has 0 aromatic carbocycles. The van der Waals surface area contributed by atoms with E-state index in [-0.39, 0.29) is 23.8 Å². The van der Waals surface area contributed by atoms with Crippen molar-refractivity contribution in [2.45, 2.75) is 56.8 Å². The quantitative estimate of drug-likeness (QED) is 0.782. The number of halogens is 3. The molecule has 3 fully saturated rings. The number of hydrogen-bond donors (Lipinski definition) is 0. The van der Waals surface area contributed by atoms with E-state index in [1.54, 1.807) is 0 Å². The van der Waals surface area contributed by atoms with E-state index in [0.717, 1.165) is 44.9 Å². The first-order valence-corrected chi connectivity index (χ1v) is 10.1. The molecule has 28 heavy (non-hydrogen) atoms. The SMILES string of the molecule is O=C([C@H]1C[C@@H](Oc2ccc(C(F)(F)F)cn2)C1)N1CCCN(C2CCC2)CC1. The van der Waals surface area contributed by atoms with E-state index < -0.39 is 11.7 Å². The lowest BCUT2D eigenvalue weighted by molar-refractivity contribution is -0.141. The van der Waals surface area contributed by atoms with Crippen LogP contribution in [0.1, 0.15) is 44.1 Å². The lowest BCUT2D eigenvalue weighted by atomic mass is 9.81. The third-order valence-electron chi connectivity index (χ3n) is 6.23. The first-order chi connectivity index (χ1) is 13.4. The Bertz CT molecular complexity index is 685. The molecule has 0 radical (unpaired) electrons. The second-order valence-electron chi connectivity index (χ2n) is 8.09. The van der Waals surface area contributed by atoms with Gasteiger partial charge in [-0.15, -0.1) is 0 Å². The van der Waals surface area contributed by atoms with Gasteiger partial charge in [0.2, 0.25) is 11.8 Å². The van der Waals surface area contributed by atoms with Crippen LogP contribution in [0.5, 0.6) is 5.88 Å². The van der Waals surface area contributed by atoms with Crippen molar-refractivity contribution in [3.63, 3.8) is 0 Å².